The highest BCUT2D eigenvalue weighted by atomic mass is 16.3. The molecule has 3 aromatic rings. The first-order valence-corrected chi connectivity index (χ1v) is 4.87. The number of nitrogen functional groups attached to an aromatic ring is 1. The Hall–Kier alpha value is -2.70. The Kier molecular flexibility index (Phi) is 2.08. The molecule has 0 aliphatic carbocycles. The van der Waals surface area contributed by atoms with Crippen LogP contribution in [-0.4, -0.2) is 24.5 Å². The summed E-state index contributed by atoms with van der Waals surface area (Å²) in [5, 5.41) is 0. The lowest BCUT2D eigenvalue weighted by Gasteiger charge is -2.02. The summed E-state index contributed by atoms with van der Waals surface area (Å²) in [5.74, 6) is 1.48. The maximum Gasteiger partial charge on any atom is 0.240 e. The zero-order chi connectivity index (χ0) is 11.7. The molecule has 0 aromatic carbocycles. The third-order valence-electron chi connectivity index (χ3n) is 2.12. The zero-order valence-electron chi connectivity index (χ0n) is 8.69. The number of rotatable bonds is 2. The number of hydrogen-bond donors (Lipinski definition) is 1. The minimum Gasteiger partial charge on any atom is -0.461 e. The van der Waals surface area contributed by atoms with Gasteiger partial charge in [-0.25, -0.2) is 4.98 Å². The van der Waals surface area contributed by atoms with Gasteiger partial charge >= 0.3 is 0 Å². The van der Waals surface area contributed by atoms with Crippen molar-refractivity contribution in [3.8, 4) is 17.5 Å². The summed E-state index contributed by atoms with van der Waals surface area (Å²) in [6.45, 7) is 0. The van der Waals surface area contributed by atoms with E-state index >= 15 is 0 Å². The Bertz CT molecular complexity index is 564. The van der Waals surface area contributed by atoms with Crippen molar-refractivity contribution in [3.63, 3.8) is 0 Å². The van der Waals surface area contributed by atoms with Gasteiger partial charge in [0.1, 0.15) is 6.33 Å². The van der Waals surface area contributed by atoms with Crippen LogP contribution >= 0.6 is 0 Å². The van der Waals surface area contributed by atoms with Crippen LogP contribution in [0.5, 0.6) is 0 Å². The van der Waals surface area contributed by atoms with Crippen molar-refractivity contribution in [2.45, 2.75) is 0 Å². The normalized spacial score (nSPS) is 10.6. The summed E-state index contributed by atoms with van der Waals surface area (Å²) in [6.07, 6.45) is 6.49. The van der Waals surface area contributed by atoms with E-state index in [-0.39, 0.29) is 5.95 Å². The molecule has 0 fully saturated rings. The molecule has 2 N–H and O–H groups in total. The van der Waals surface area contributed by atoms with Crippen LogP contribution in [0.3, 0.4) is 0 Å². The summed E-state index contributed by atoms with van der Waals surface area (Å²) in [7, 11) is 0. The Labute approximate surface area is 96.0 Å². The molecule has 0 radical (unpaired) electrons. The van der Waals surface area contributed by atoms with Crippen molar-refractivity contribution >= 4 is 5.95 Å². The van der Waals surface area contributed by atoms with Gasteiger partial charge in [-0.15, -0.1) is 0 Å². The van der Waals surface area contributed by atoms with Gasteiger partial charge in [-0.2, -0.15) is 15.0 Å². The molecule has 0 unspecified atom stereocenters. The first kappa shape index (κ1) is 9.52. The van der Waals surface area contributed by atoms with E-state index in [4.69, 9.17) is 10.2 Å². The fourth-order valence-corrected chi connectivity index (χ4v) is 1.39. The fraction of sp³-hybridized carbons (Fsp3) is 0. The van der Waals surface area contributed by atoms with Crippen molar-refractivity contribution < 1.29 is 4.42 Å². The molecule has 0 saturated carbocycles. The van der Waals surface area contributed by atoms with E-state index in [1.807, 2.05) is 0 Å². The first-order valence-electron chi connectivity index (χ1n) is 4.87. The zero-order valence-corrected chi connectivity index (χ0v) is 8.69. The van der Waals surface area contributed by atoms with Crippen molar-refractivity contribution in [3.05, 3.63) is 37.1 Å². The maximum atomic E-state index is 5.63. The van der Waals surface area contributed by atoms with Crippen LogP contribution in [0.25, 0.3) is 17.5 Å². The third-order valence-corrected chi connectivity index (χ3v) is 2.12. The summed E-state index contributed by atoms with van der Waals surface area (Å²) < 4.78 is 6.86. The van der Waals surface area contributed by atoms with Crippen LogP contribution in [-0.2, 0) is 0 Å². The van der Waals surface area contributed by atoms with Crippen LogP contribution in [0.15, 0.2) is 41.5 Å². The second-order valence-electron chi connectivity index (χ2n) is 3.26. The number of furan rings is 1. The van der Waals surface area contributed by atoms with Crippen LogP contribution in [0.2, 0.25) is 0 Å². The van der Waals surface area contributed by atoms with E-state index in [2.05, 4.69) is 19.9 Å². The molecule has 0 spiro atoms. The molecule has 17 heavy (non-hydrogen) atoms. The molecule has 0 amide bonds. The number of nitrogens with two attached hydrogens (primary N) is 1. The molecule has 3 rings (SSSR count). The summed E-state index contributed by atoms with van der Waals surface area (Å²) >= 11 is 0. The standard InChI is InChI=1S/C10H8N6O/c11-9-13-8(7-2-1-5-17-7)14-10(15-9)16-4-3-12-6-16/h1-6H,(H2,11,13,14,15). The number of nitrogens with zero attached hydrogens (tertiary/aromatic N) is 5. The van der Waals surface area contributed by atoms with E-state index in [0.29, 0.717) is 17.5 Å². The van der Waals surface area contributed by atoms with Crippen molar-refractivity contribution in [2.75, 3.05) is 5.73 Å². The van der Waals surface area contributed by atoms with Gasteiger partial charge in [0.15, 0.2) is 5.76 Å². The molecule has 3 aromatic heterocycles. The lowest BCUT2D eigenvalue weighted by Crippen LogP contribution is -2.06. The predicted molar refractivity (Wildman–Crippen MR) is 59.1 cm³/mol. The third kappa shape index (κ3) is 1.73. The molecule has 84 valence electrons. The van der Waals surface area contributed by atoms with Gasteiger partial charge in [0.05, 0.1) is 6.26 Å². The van der Waals surface area contributed by atoms with Gasteiger partial charge in [0.25, 0.3) is 0 Å². The number of hydrogen-bond acceptors (Lipinski definition) is 6. The van der Waals surface area contributed by atoms with Gasteiger partial charge in [-0.05, 0) is 12.1 Å². The summed E-state index contributed by atoms with van der Waals surface area (Å²) in [5.41, 5.74) is 5.63. The quantitative estimate of drug-likeness (QED) is 0.700. The Morgan fingerprint density at radius 1 is 1.24 bits per heavy atom. The monoisotopic (exact) mass is 228 g/mol. The molecular weight excluding hydrogens is 220 g/mol. The predicted octanol–water partition coefficient (Wildman–Crippen LogP) is 0.899. The van der Waals surface area contributed by atoms with E-state index < -0.39 is 0 Å². The lowest BCUT2D eigenvalue weighted by molar-refractivity contribution is 0.576. The fourth-order valence-electron chi connectivity index (χ4n) is 1.39. The second kappa shape index (κ2) is 3.71. The van der Waals surface area contributed by atoms with E-state index in [9.17, 15) is 0 Å². The molecule has 0 aliphatic rings. The topological polar surface area (TPSA) is 95.7 Å². The SMILES string of the molecule is Nc1nc(-c2ccco2)nc(-n2ccnc2)n1. The average molecular weight is 228 g/mol. The molecule has 7 nitrogen and oxygen atoms in total. The molecule has 7 heteroatoms. The van der Waals surface area contributed by atoms with Gasteiger partial charge in [0.2, 0.25) is 17.7 Å². The number of anilines is 1. The highest BCUT2D eigenvalue weighted by Crippen LogP contribution is 2.16. The highest BCUT2D eigenvalue weighted by molar-refractivity contribution is 5.48. The van der Waals surface area contributed by atoms with Gasteiger partial charge in [0, 0.05) is 12.4 Å². The largest absolute Gasteiger partial charge is 0.461 e. The second-order valence-corrected chi connectivity index (χ2v) is 3.26. The molecule has 0 aliphatic heterocycles. The highest BCUT2D eigenvalue weighted by Gasteiger charge is 2.09. The maximum absolute atomic E-state index is 5.63. The molecular formula is C10H8N6O. The molecule has 0 atom stereocenters. The summed E-state index contributed by atoms with van der Waals surface area (Å²) in [4.78, 5) is 16.2. The van der Waals surface area contributed by atoms with Crippen molar-refractivity contribution in [2.24, 2.45) is 0 Å². The number of imidazole rings is 1. The lowest BCUT2D eigenvalue weighted by atomic mass is 10.4. The minimum absolute atomic E-state index is 0.134. The Morgan fingerprint density at radius 3 is 2.88 bits per heavy atom. The van der Waals surface area contributed by atoms with Gasteiger partial charge < -0.3 is 10.2 Å². The Balaban J connectivity index is 2.13. The van der Waals surface area contributed by atoms with Crippen LogP contribution in [0, 0.1) is 0 Å². The molecule has 3 heterocycles. The van der Waals surface area contributed by atoms with E-state index in [1.54, 1.807) is 41.7 Å². The average Bonchev–Trinajstić information content (AvgIpc) is 3.02. The van der Waals surface area contributed by atoms with E-state index in [0.717, 1.165) is 0 Å². The minimum atomic E-state index is 0.134. The molecule has 0 saturated heterocycles. The van der Waals surface area contributed by atoms with Crippen LogP contribution < -0.4 is 5.73 Å². The van der Waals surface area contributed by atoms with E-state index in [1.165, 1.54) is 0 Å². The van der Waals surface area contributed by atoms with Gasteiger partial charge in [-0.1, -0.05) is 0 Å². The van der Waals surface area contributed by atoms with Crippen molar-refractivity contribution in [1.82, 2.24) is 24.5 Å². The molecule has 0 bridgehead atoms. The van der Waals surface area contributed by atoms with Crippen LogP contribution in [0.4, 0.5) is 5.95 Å². The first-order chi connectivity index (χ1) is 8.33. The smallest absolute Gasteiger partial charge is 0.240 e. The van der Waals surface area contributed by atoms with Crippen molar-refractivity contribution in [1.29, 1.82) is 0 Å². The number of aromatic nitrogens is 5. The Morgan fingerprint density at radius 2 is 2.18 bits per heavy atom. The van der Waals surface area contributed by atoms with Crippen LogP contribution in [0.1, 0.15) is 0 Å². The summed E-state index contributed by atoms with van der Waals surface area (Å²) in [6, 6.07) is 3.51. The van der Waals surface area contributed by atoms with Gasteiger partial charge in [-0.3, -0.25) is 4.57 Å².